The quantitative estimate of drug-likeness (QED) is 0.853. The summed E-state index contributed by atoms with van der Waals surface area (Å²) in [6, 6.07) is 6.43. The molecule has 0 saturated heterocycles. The molecule has 2 N–H and O–H groups in total. The van der Waals surface area contributed by atoms with Crippen molar-refractivity contribution < 1.29 is 4.39 Å². The first kappa shape index (κ1) is 14.5. The number of thiocarbonyl (C=S) groups is 1. The molecular formula is C14H17FN4S. The third kappa shape index (κ3) is 3.14. The second-order valence-corrected chi connectivity index (χ2v) is 4.94. The number of aromatic nitrogens is 2. The lowest BCUT2D eigenvalue weighted by molar-refractivity contribution is 0.622. The molecule has 2 aromatic rings. The van der Waals surface area contributed by atoms with Crippen molar-refractivity contribution in [1.29, 1.82) is 0 Å². The number of rotatable bonds is 3. The zero-order valence-corrected chi connectivity index (χ0v) is 12.5. The zero-order valence-electron chi connectivity index (χ0n) is 11.7. The fourth-order valence-corrected chi connectivity index (χ4v) is 2.07. The topological polar surface area (TPSA) is 41.9 Å². The molecule has 0 amide bonds. The number of anilines is 1. The zero-order chi connectivity index (χ0) is 14.7. The summed E-state index contributed by atoms with van der Waals surface area (Å²) in [5.41, 5.74) is 3.78. The van der Waals surface area contributed by atoms with Crippen LogP contribution < -0.4 is 10.6 Å². The van der Waals surface area contributed by atoms with E-state index >= 15 is 0 Å². The Kier molecular flexibility index (Phi) is 4.34. The second-order valence-electron chi connectivity index (χ2n) is 4.53. The van der Waals surface area contributed by atoms with Crippen LogP contribution in [0.25, 0.3) is 0 Å². The minimum Gasteiger partial charge on any atom is -0.366 e. The van der Waals surface area contributed by atoms with E-state index in [4.69, 9.17) is 12.2 Å². The molecule has 1 aromatic heterocycles. The smallest absolute Gasteiger partial charge is 0.170 e. The largest absolute Gasteiger partial charge is 0.366 e. The predicted molar refractivity (Wildman–Crippen MR) is 82.5 cm³/mol. The monoisotopic (exact) mass is 292 g/mol. The van der Waals surface area contributed by atoms with E-state index in [1.807, 2.05) is 18.5 Å². The van der Waals surface area contributed by atoms with Gasteiger partial charge in [0.1, 0.15) is 5.82 Å². The summed E-state index contributed by atoms with van der Waals surface area (Å²) in [5, 5.41) is 11.0. The van der Waals surface area contributed by atoms with Crippen LogP contribution in [0, 0.1) is 19.7 Å². The summed E-state index contributed by atoms with van der Waals surface area (Å²) in [7, 11) is 1.77. The van der Waals surface area contributed by atoms with E-state index in [2.05, 4.69) is 15.7 Å². The highest BCUT2D eigenvalue weighted by Gasteiger charge is 2.12. The van der Waals surface area contributed by atoms with Crippen LogP contribution in [0.5, 0.6) is 0 Å². The van der Waals surface area contributed by atoms with Gasteiger partial charge >= 0.3 is 0 Å². The van der Waals surface area contributed by atoms with Gasteiger partial charge in [0.25, 0.3) is 0 Å². The third-order valence-corrected chi connectivity index (χ3v) is 3.40. The van der Waals surface area contributed by atoms with E-state index in [0.29, 0.717) is 11.7 Å². The third-order valence-electron chi connectivity index (χ3n) is 3.09. The van der Waals surface area contributed by atoms with Crippen molar-refractivity contribution in [2.24, 2.45) is 0 Å². The van der Waals surface area contributed by atoms with Gasteiger partial charge in [-0.15, -0.1) is 0 Å². The average molecular weight is 292 g/mol. The number of nitrogens with zero attached hydrogens (tertiary/aromatic N) is 2. The summed E-state index contributed by atoms with van der Waals surface area (Å²) in [4.78, 5) is 0. The van der Waals surface area contributed by atoms with Crippen LogP contribution in [0.1, 0.15) is 17.0 Å². The van der Waals surface area contributed by atoms with Crippen LogP contribution in [0.4, 0.5) is 10.1 Å². The molecule has 0 spiro atoms. The molecule has 2 rings (SSSR count). The first-order valence-corrected chi connectivity index (χ1v) is 6.69. The molecule has 0 aliphatic heterocycles. The van der Waals surface area contributed by atoms with Gasteiger partial charge in [-0.2, -0.15) is 5.10 Å². The molecule has 0 bridgehead atoms. The first-order valence-electron chi connectivity index (χ1n) is 6.28. The Morgan fingerprint density at radius 1 is 1.30 bits per heavy atom. The van der Waals surface area contributed by atoms with Crippen molar-refractivity contribution in [2.45, 2.75) is 20.4 Å². The van der Waals surface area contributed by atoms with Crippen molar-refractivity contribution in [3.8, 4) is 0 Å². The van der Waals surface area contributed by atoms with Crippen LogP contribution in [0.3, 0.4) is 0 Å². The van der Waals surface area contributed by atoms with Gasteiger partial charge in [0.2, 0.25) is 0 Å². The van der Waals surface area contributed by atoms with Gasteiger partial charge in [-0.1, -0.05) is 12.1 Å². The van der Waals surface area contributed by atoms with Crippen LogP contribution in [0.2, 0.25) is 0 Å². The minimum absolute atomic E-state index is 0.233. The van der Waals surface area contributed by atoms with Gasteiger partial charge in [0.05, 0.1) is 23.6 Å². The van der Waals surface area contributed by atoms with E-state index in [9.17, 15) is 4.39 Å². The standard InChI is InChI=1S/C14H17FN4S/c1-9-13(17-14(20)16-3)10(2)19(18-9)8-11-4-6-12(15)7-5-11/h4-7H,8H2,1-3H3,(H2,16,17,20). The van der Waals surface area contributed by atoms with Crippen molar-refractivity contribution in [3.63, 3.8) is 0 Å². The van der Waals surface area contributed by atoms with E-state index in [-0.39, 0.29) is 5.82 Å². The highest BCUT2D eigenvalue weighted by molar-refractivity contribution is 7.80. The SMILES string of the molecule is CNC(=S)Nc1c(C)nn(Cc2ccc(F)cc2)c1C. The lowest BCUT2D eigenvalue weighted by Gasteiger charge is -2.08. The summed E-state index contributed by atoms with van der Waals surface area (Å²) < 4.78 is 14.8. The molecule has 1 aromatic carbocycles. The maximum atomic E-state index is 12.9. The van der Waals surface area contributed by atoms with Crippen molar-refractivity contribution in [3.05, 3.63) is 47.0 Å². The van der Waals surface area contributed by atoms with E-state index in [1.54, 1.807) is 19.2 Å². The van der Waals surface area contributed by atoms with E-state index in [1.165, 1.54) is 12.1 Å². The molecule has 4 nitrogen and oxygen atoms in total. The van der Waals surface area contributed by atoms with Crippen molar-refractivity contribution in [1.82, 2.24) is 15.1 Å². The second kappa shape index (κ2) is 6.00. The van der Waals surface area contributed by atoms with Crippen LogP contribution in [-0.4, -0.2) is 21.9 Å². The highest BCUT2D eigenvalue weighted by atomic mass is 32.1. The molecule has 106 valence electrons. The number of halogens is 1. The first-order chi connectivity index (χ1) is 9.51. The summed E-state index contributed by atoms with van der Waals surface area (Å²) in [6.07, 6.45) is 0. The van der Waals surface area contributed by atoms with Gasteiger partial charge in [-0.05, 0) is 43.8 Å². The molecule has 0 aliphatic rings. The van der Waals surface area contributed by atoms with Crippen LogP contribution >= 0.6 is 12.2 Å². The number of benzene rings is 1. The van der Waals surface area contributed by atoms with Gasteiger partial charge < -0.3 is 10.6 Å². The lowest BCUT2D eigenvalue weighted by atomic mass is 10.2. The fourth-order valence-electron chi connectivity index (χ4n) is 1.97. The Morgan fingerprint density at radius 2 is 1.95 bits per heavy atom. The fraction of sp³-hybridized carbons (Fsp3) is 0.286. The molecule has 6 heteroatoms. The predicted octanol–water partition coefficient (Wildman–Crippen LogP) is 2.60. The Morgan fingerprint density at radius 3 is 2.55 bits per heavy atom. The van der Waals surface area contributed by atoms with Gasteiger partial charge in [0.15, 0.2) is 5.11 Å². The maximum Gasteiger partial charge on any atom is 0.170 e. The molecule has 20 heavy (non-hydrogen) atoms. The molecule has 0 saturated carbocycles. The summed E-state index contributed by atoms with van der Waals surface area (Å²) >= 11 is 5.11. The van der Waals surface area contributed by atoms with E-state index < -0.39 is 0 Å². The average Bonchev–Trinajstić information content (AvgIpc) is 2.69. The van der Waals surface area contributed by atoms with Gasteiger partial charge in [-0.3, -0.25) is 4.68 Å². The molecular weight excluding hydrogens is 275 g/mol. The summed E-state index contributed by atoms with van der Waals surface area (Å²) in [6.45, 7) is 4.50. The minimum atomic E-state index is -0.233. The lowest BCUT2D eigenvalue weighted by Crippen LogP contribution is -2.24. The molecule has 0 radical (unpaired) electrons. The van der Waals surface area contributed by atoms with Gasteiger partial charge in [0, 0.05) is 7.05 Å². The van der Waals surface area contributed by atoms with Gasteiger partial charge in [-0.25, -0.2) is 4.39 Å². The molecule has 0 aliphatic carbocycles. The Bertz CT molecular complexity index is 619. The number of aryl methyl sites for hydroxylation is 1. The molecule has 0 atom stereocenters. The Balaban J connectivity index is 2.23. The number of hydrogen-bond donors (Lipinski definition) is 2. The normalized spacial score (nSPS) is 10.4. The molecule has 0 fully saturated rings. The maximum absolute atomic E-state index is 12.9. The Hall–Kier alpha value is -1.95. The van der Waals surface area contributed by atoms with Crippen molar-refractivity contribution in [2.75, 3.05) is 12.4 Å². The Labute approximate surface area is 123 Å². The number of hydrogen-bond acceptors (Lipinski definition) is 2. The van der Waals surface area contributed by atoms with Crippen LogP contribution in [-0.2, 0) is 6.54 Å². The molecule has 1 heterocycles. The van der Waals surface area contributed by atoms with Crippen molar-refractivity contribution >= 4 is 23.0 Å². The highest BCUT2D eigenvalue weighted by Crippen LogP contribution is 2.20. The summed E-state index contributed by atoms with van der Waals surface area (Å²) in [5.74, 6) is -0.233. The van der Waals surface area contributed by atoms with E-state index in [0.717, 1.165) is 22.6 Å². The molecule has 0 unspecified atom stereocenters. The number of nitrogens with one attached hydrogen (secondary N) is 2. The van der Waals surface area contributed by atoms with Crippen LogP contribution in [0.15, 0.2) is 24.3 Å².